The van der Waals surface area contributed by atoms with Crippen LogP contribution in [0.5, 0.6) is 23.0 Å². The van der Waals surface area contributed by atoms with Crippen LogP contribution in [0.4, 0.5) is 8.78 Å². The number of benzene rings is 6. The Morgan fingerprint density at radius 2 is 0.739 bits per heavy atom. The summed E-state index contributed by atoms with van der Waals surface area (Å²) in [6.45, 7) is 38.9. The van der Waals surface area contributed by atoms with Crippen molar-refractivity contribution in [2.75, 3.05) is 10.9 Å². The van der Waals surface area contributed by atoms with E-state index in [2.05, 4.69) is 147 Å². The van der Waals surface area contributed by atoms with Gasteiger partial charge in [-0.2, -0.15) is 0 Å². The number of aromatic hydroxyl groups is 2. The van der Waals surface area contributed by atoms with Crippen LogP contribution >= 0.6 is 0 Å². The van der Waals surface area contributed by atoms with E-state index in [9.17, 15) is 10.2 Å². The molecule has 7 heteroatoms. The number of hydrogen-bond acceptors (Lipinski definition) is 4. The molecule has 0 bridgehead atoms. The van der Waals surface area contributed by atoms with Crippen LogP contribution in [0.1, 0.15) is 144 Å². The quantitative estimate of drug-likeness (QED) is 0.120. The number of ether oxygens (including phenoxy) is 2. The van der Waals surface area contributed by atoms with Gasteiger partial charge in [-0.25, -0.2) is 0 Å². The van der Waals surface area contributed by atoms with Crippen molar-refractivity contribution in [1.29, 1.82) is 0 Å². The maximum atomic E-state index is 16.5. The number of phenols is 2. The second-order valence-electron chi connectivity index (χ2n) is 24.4. The molecular formula is C62H78F2GeO4. The van der Waals surface area contributed by atoms with E-state index in [4.69, 9.17) is 9.47 Å². The van der Waals surface area contributed by atoms with E-state index in [1.807, 2.05) is 38.1 Å². The normalized spacial score (nSPS) is 12.8. The number of hydrogen-bond donors (Lipinski definition) is 2. The van der Waals surface area contributed by atoms with Gasteiger partial charge in [0.15, 0.2) is 0 Å². The first-order valence-corrected chi connectivity index (χ1v) is 30.1. The van der Waals surface area contributed by atoms with Gasteiger partial charge in [0.05, 0.1) is 0 Å². The molecular weight excluding hydrogens is 919 g/mol. The molecule has 2 N–H and O–H groups in total. The number of rotatable bonds is 12. The average molecular weight is 998 g/mol. The van der Waals surface area contributed by atoms with E-state index in [0.29, 0.717) is 44.6 Å². The van der Waals surface area contributed by atoms with Gasteiger partial charge in [0.25, 0.3) is 0 Å². The topological polar surface area (TPSA) is 58.9 Å². The Balaban J connectivity index is 1.40. The van der Waals surface area contributed by atoms with Crippen molar-refractivity contribution in [1.82, 2.24) is 0 Å². The summed E-state index contributed by atoms with van der Waals surface area (Å²) in [5.74, 6) is -0.339. The van der Waals surface area contributed by atoms with Crippen LogP contribution in [-0.4, -0.2) is 34.4 Å². The standard InChI is InChI=1S/C62H78F2GeO4/c1-37(2)65(38(3)4,35-68-53-23-19-21-51(63)55(53)49-27-39(5)25-47(57(49)66)41-29-43(59(7,8)9)33-44(30-41)60(10,11)12)36-69-54-24-20-22-52(64)56(54)50-28-40(6)26-48(58(50)67)42-31-45(61(13,14)15)34-46(32-42)62(16,17)18/h19-34,37-38,66-67H,35-36H2,1-18H3. The molecule has 69 heavy (non-hydrogen) atoms. The molecule has 0 radical (unpaired) electrons. The Bertz CT molecular complexity index is 2590. The molecule has 6 rings (SSSR count). The van der Waals surface area contributed by atoms with Crippen LogP contribution in [0.25, 0.3) is 44.5 Å². The first-order chi connectivity index (χ1) is 31.8. The summed E-state index contributed by atoms with van der Waals surface area (Å²) in [5.41, 5.74) is 10.6. The molecule has 0 atom stereocenters. The maximum absolute atomic E-state index is 16.5. The SMILES string of the molecule is Cc1cc(-c2cc(C(C)(C)C)cc(C(C)(C)C)c2)c(O)c(-c2c(F)cccc2O[CH2][Ge]([CH2]Oc2cccc(F)c2-c2cc(C)cc(-c3cc(C(C)(C)C)cc(C(C)(C)C)c3)c2O)([CH](C)C)[CH](C)C)c1. The van der Waals surface area contributed by atoms with Crippen LogP contribution < -0.4 is 9.47 Å². The predicted octanol–water partition coefficient (Wildman–Crippen LogP) is 17.7. The van der Waals surface area contributed by atoms with Crippen molar-refractivity contribution < 1.29 is 28.5 Å². The van der Waals surface area contributed by atoms with Crippen LogP contribution in [0.3, 0.4) is 0 Å². The van der Waals surface area contributed by atoms with Crippen molar-refractivity contribution in [3.8, 4) is 67.5 Å². The van der Waals surface area contributed by atoms with Gasteiger partial charge >= 0.3 is 418 Å². The van der Waals surface area contributed by atoms with Gasteiger partial charge in [0.2, 0.25) is 0 Å². The summed E-state index contributed by atoms with van der Waals surface area (Å²) in [6.07, 6.45) is 0. The summed E-state index contributed by atoms with van der Waals surface area (Å²) < 4.78 is 47.0. The zero-order valence-electron chi connectivity index (χ0n) is 44.8. The van der Waals surface area contributed by atoms with Crippen molar-refractivity contribution in [3.05, 3.63) is 142 Å². The fraction of sp³-hybridized carbons (Fsp3) is 0.419. The minimum atomic E-state index is -3.39. The van der Waals surface area contributed by atoms with Crippen LogP contribution in [0, 0.1) is 25.5 Å². The van der Waals surface area contributed by atoms with Crippen molar-refractivity contribution >= 4 is 13.3 Å². The second kappa shape index (κ2) is 19.6. The summed E-state index contributed by atoms with van der Waals surface area (Å²) in [5, 5.41) is 24.5. The molecule has 368 valence electrons. The Labute approximate surface area is 415 Å². The zero-order chi connectivity index (χ0) is 51.3. The van der Waals surface area contributed by atoms with Gasteiger partial charge < -0.3 is 0 Å². The van der Waals surface area contributed by atoms with E-state index in [1.54, 1.807) is 24.3 Å². The summed E-state index contributed by atoms with van der Waals surface area (Å²) in [6, 6.07) is 30.3. The molecule has 0 aliphatic carbocycles. The van der Waals surface area contributed by atoms with E-state index in [1.165, 1.54) is 12.1 Å². The molecule has 6 aromatic rings. The third-order valence-corrected chi connectivity index (χ3v) is 26.8. The number of phenolic OH excluding ortho intramolecular Hbond substituents is 2. The average Bonchev–Trinajstić information content (AvgIpc) is 3.23. The third-order valence-electron chi connectivity index (χ3n) is 14.2. The minimum absolute atomic E-state index is 0.0111. The van der Waals surface area contributed by atoms with Gasteiger partial charge in [0, 0.05) is 0 Å². The molecule has 0 saturated heterocycles. The second-order valence-corrected chi connectivity index (χ2v) is 35.6. The van der Waals surface area contributed by atoms with E-state index >= 15 is 8.78 Å². The molecule has 0 fully saturated rings. The predicted molar refractivity (Wildman–Crippen MR) is 289 cm³/mol. The molecule has 0 unspecified atom stereocenters. The number of halogens is 2. The molecule has 0 saturated carbocycles. The van der Waals surface area contributed by atoms with Gasteiger partial charge in [-0.1, -0.05) is 0 Å². The Morgan fingerprint density at radius 3 is 1.01 bits per heavy atom. The van der Waals surface area contributed by atoms with Crippen molar-refractivity contribution in [2.45, 2.75) is 156 Å². The van der Waals surface area contributed by atoms with Crippen molar-refractivity contribution in [3.63, 3.8) is 0 Å². The Kier molecular flexibility index (Phi) is 15.1. The monoisotopic (exact) mass is 999 g/mol. The van der Waals surface area contributed by atoms with Crippen LogP contribution in [-0.2, 0) is 21.7 Å². The van der Waals surface area contributed by atoms with E-state index in [-0.39, 0.29) is 53.8 Å². The first-order valence-electron chi connectivity index (χ1n) is 24.7. The Morgan fingerprint density at radius 1 is 0.449 bits per heavy atom. The molecule has 0 heterocycles. The fourth-order valence-electron chi connectivity index (χ4n) is 9.25. The van der Waals surface area contributed by atoms with Crippen molar-refractivity contribution in [2.24, 2.45) is 0 Å². The van der Waals surface area contributed by atoms with Gasteiger partial charge in [0.1, 0.15) is 0 Å². The summed E-state index contributed by atoms with van der Waals surface area (Å²) in [7, 11) is 0. The summed E-state index contributed by atoms with van der Waals surface area (Å²) >= 11 is -3.39. The fourth-order valence-corrected chi connectivity index (χ4v) is 16.8. The number of aryl methyl sites for hydroxylation is 2. The van der Waals surface area contributed by atoms with Crippen LogP contribution in [0.2, 0.25) is 9.50 Å². The molecule has 0 aliphatic rings. The summed E-state index contributed by atoms with van der Waals surface area (Å²) in [4.78, 5) is 0. The molecule has 0 amide bonds. The zero-order valence-corrected chi connectivity index (χ0v) is 46.9. The third kappa shape index (κ3) is 11.4. The van der Waals surface area contributed by atoms with Crippen LogP contribution in [0.15, 0.2) is 97.1 Å². The van der Waals surface area contributed by atoms with Gasteiger partial charge in [-0.15, -0.1) is 0 Å². The Hall–Kier alpha value is -5.08. The molecule has 4 nitrogen and oxygen atoms in total. The molecule has 6 aromatic carbocycles. The molecule has 0 aromatic heterocycles. The van der Waals surface area contributed by atoms with Gasteiger partial charge in [-0.05, 0) is 0 Å². The molecule has 0 aliphatic heterocycles. The van der Waals surface area contributed by atoms with Gasteiger partial charge in [-0.3, -0.25) is 0 Å². The van der Waals surface area contributed by atoms with E-state index < -0.39 is 24.9 Å². The van der Waals surface area contributed by atoms with E-state index in [0.717, 1.165) is 44.5 Å². The molecule has 0 spiro atoms. The first kappa shape index (κ1) is 53.3.